The van der Waals surface area contributed by atoms with Crippen molar-refractivity contribution in [2.75, 3.05) is 0 Å². The number of thioether (sulfide) groups is 1. The zero-order valence-corrected chi connectivity index (χ0v) is 26.3. The smallest absolute Gasteiger partial charge is 0.349 e. The topological polar surface area (TPSA) is 123 Å². The number of aliphatic hydroxyl groups is 1. The summed E-state index contributed by atoms with van der Waals surface area (Å²) in [5, 5.41) is 20.8. The molecule has 0 aliphatic carbocycles. The summed E-state index contributed by atoms with van der Waals surface area (Å²) in [7, 11) is -4.11. The van der Waals surface area contributed by atoms with E-state index in [1.807, 2.05) is 46.8 Å². The molecule has 0 saturated carbocycles. The largest absolute Gasteiger partial charge is 0.511 e. The van der Waals surface area contributed by atoms with Crippen molar-refractivity contribution < 1.29 is 32.3 Å². The number of benzene rings is 2. The highest BCUT2D eigenvalue weighted by atomic mass is 32.2. The van der Waals surface area contributed by atoms with E-state index in [-0.39, 0.29) is 39.4 Å². The van der Waals surface area contributed by atoms with Crippen molar-refractivity contribution in [3.63, 3.8) is 0 Å². The third-order valence-corrected chi connectivity index (χ3v) is 9.84. The van der Waals surface area contributed by atoms with Crippen LogP contribution in [0.2, 0.25) is 0 Å². The summed E-state index contributed by atoms with van der Waals surface area (Å²) in [6, 6.07) is 13.3. The summed E-state index contributed by atoms with van der Waals surface area (Å²) in [5.41, 5.74) is 0.950. The van der Waals surface area contributed by atoms with E-state index in [4.69, 9.17) is 8.92 Å². The number of phenolic OH excluding ortho intramolecular Hbond substituents is 1. The number of cyclic esters (lactones) is 1. The van der Waals surface area contributed by atoms with Crippen molar-refractivity contribution in [3.8, 4) is 11.5 Å². The number of esters is 1. The van der Waals surface area contributed by atoms with Crippen LogP contribution in [-0.4, -0.2) is 35.2 Å². The van der Waals surface area contributed by atoms with Crippen molar-refractivity contribution in [1.29, 1.82) is 0 Å². The Balaban J connectivity index is 1.64. The number of phenols is 1. The predicted octanol–water partition coefficient (Wildman–Crippen LogP) is 7.00. The van der Waals surface area contributed by atoms with Gasteiger partial charge in [-0.1, -0.05) is 58.5 Å². The maximum atomic E-state index is 13.4. The maximum absolute atomic E-state index is 13.4. The number of carbonyl (C=O) groups is 1. The molecular formula is C32H37NO7S2. The second kappa shape index (κ2) is 12.0. The summed E-state index contributed by atoms with van der Waals surface area (Å²) < 4.78 is 37.4. The molecule has 0 saturated heterocycles. The molecule has 0 spiro atoms. The van der Waals surface area contributed by atoms with Gasteiger partial charge in [-0.05, 0) is 84.2 Å². The lowest BCUT2D eigenvalue weighted by Crippen LogP contribution is -2.44. The minimum atomic E-state index is -4.11. The SMILES string of the molecule is Cc1cc(SC2=C(O)CC(CCc3ccc(O)cc3)(C(C)C)OC2=O)c(C(C)(C)C)cc1OS(=O)(=O)c1cccnc1. The first-order chi connectivity index (χ1) is 19.6. The van der Waals surface area contributed by atoms with Crippen LogP contribution in [0.5, 0.6) is 11.5 Å². The molecule has 2 N–H and O–H groups in total. The van der Waals surface area contributed by atoms with Gasteiger partial charge in [0.05, 0.1) is 0 Å². The van der Waals surface area contributed by atoms with Gasteiger partial charge in [0, 0.05) is 23.7 Å². The fourth-order valence-electron chi connectivity index (χ4n) is 4.81. The quantitative estimate of drug-likeness (QED) is 0.194. The lowest BCUT2D eigenvalue weighted by molar-refractivity contribution is -0.164. The standard InChI is InChI=1S/C32H37NO7S2/c1-20(2)32(14-13-22-9-11-23(34)12-10-22)18-26(35)29(30(36)39-32)41-28-16-21(3)27(17-25(28)31(4,5)6)40-42(37,38)24-8-7-15-33-19-24/h7-12,15-17,19-20,34-35H,13-14,18H2,1-6H3. The van der Waals surface area contributed by atoms with E-state index in [0.29, 0.717) is 23.3 Å². The number of hydrogen-bond donors (Lipinski definition) is 2. The van der Waals surface area contributed by atoms with Gasteiger partial charge >= 0.3 is 16.1 Å². The molecule has 4 rings (SSSR count). The second-order valence-electron chi connectivity index (χ2n) is 11.9. The summed E-state index contributed by atoms with van der Waals surface area (Å²) in [6.07, 6.45) is 4.00. The van der Waals surface area contributed by atoms with E-state index in [0.717, 1.165) is 22.9 Å². The molecule has 0 fully saturated rings. The zero-order chi connectivity index (χ0) is 30.9. The van der Waals surface area contributed by atoms with E-state index in [2.05, 4.69) is 4.98 Å². The van der Waals surface area contributed by atoms with Crippen LogP contribution in [0.1, 0.15) is 64.2 Å². The Bertz CT molecular complexity index is 1590. The van der Waals surface area contributed by atoms with Crippen molar-refractivity contribution in [3.05, 3.63) is 88.3 Å². The number of ether oxygens (including phenoxy) is 1. The van der Waals surface area contributed by atoms with Crippen LogP contribution in [0.25, 0.3) is 0 Å². The summed E-state index contributed by atoms with van der Waals surface area (Å²) in [6.45, 7) is 11.6. The number of pyridine rings is 1. The normalized spacial score (nSPS) is 17.8. The van der Waals surface area contributed by atoms with Crippen LogP contribution < -0.4 is 4.18 Å². The molecule has 1 aliphatic rings. The average molecular weight is 612 g/mol. The number of aliphatic hydroxyl groups excluding tert-OH is 1. The monoisotopic (exact) mass is 611 g/mol. The van der Waals surface area contributed by atoms with Gasteiger partial charge in [-0.15, -0.1) is 0 Å². The molecule has 8 nitrogen and oxygen atoms in total. The Morgan fingerprint density at radius 3 is 2.38 bits per heavy atom. The van der Waals surface area contributed by atoms with E-state index in [1.54, 1.807) is 31.2 Å². The van der Waals surface area contributed by atoms with Gasteiger partial charge in [-0.25, -0.2) is 4.79 Å². The van der Waals surface area contributed by atoms with E-state index in [9.17, 15) is 23.4 Å². The minimum Gasteiger partial charge on any atom is -0.511 e. The molecule has 10 heteroatoms. The first-order valence-corrected chi connectivity index (χ1v) is 15.9. The number of aromatic nitrogens is 1. The molecule has 3 aromatic rings. The lowest BCUT2D eigenvalue weighted by Gasteiger charge is -2.40. The number of carbonyl (C=O) groups excluding carboxylic acids is 1. The maximum Gasteiger partial charge on any atom is 0.349 e. The Morgan fingerprint density at radius 2 is 1.81 bits per heavy atom. The summed E-state index contributed by atoms with van der Waals surface area (Å²) >= 11 is 1.11. The van der Waals surface area contributed by atoms with Gasteiger partial charge in [0.25, 0.3) is 0 Å². The van der Waals surface area contributed by atoms with Gasteiger partial charge in [0.15, 0.2) is 0 Å². The molecule has 42 heavy (non-hydrogen) atoms. The van der Waals surface area contributed by atoms with Gasteiger partial charge in [0.2, 0.25) is 0 Å². The minimum absolute atomic E-state index is 0.0346. The van der Waals surface area contributed by atoms with Crippen molar-refractivity contribution in [2.45, 2.75) is 81.6 Å². The Hall–Kier alpha value is -3.50. The molecule has 2 heterocycles. The van der Waals surface area contributed by atoms with Gasteiger partial charge < -0.3 is 19.1 Å². The Kier molecular flexibility index (Phi) is 8.99. The molecule has 2 aromatic carbocycles. The molecule has 1 atom stereocenters. The van der Waals surface area contributed by atoms with Crippen molar-refractivity contribution >= 4 is 27.8 Å². The van der Waals surface area contributed by atoms with Gasteiger partial charge in [-0.2, -0.15) is 8.42 Å². The van der Waals surface area contributed by atoms with Crippen LogP contribution in [0.4, 0.5) is 0 Å². The van der Waals surface area contributed by atoms with Crippen molar-refractivity contribution in [1.82, 2.24) is 4.98 Å². The van der Waals surface area contributed by atoms with Crippen LogP contribution in [-0.2, 0) is 31.5 Å². The molecule has 0 amide bonds. The number of rotatable bonds is 9. The highest BCUT2D eigenvalue weighted by Gasteiger charge is 2.44. The molecule has 1 aliphatic heterocycles. The zero-order valence-electron chi connectivity index (χ0n) is 24.7. The molecule has 0 radical (unpaired) electrons. The highest BCUT2D eigenvalue weighted by molar-refractivity contribution is 8.04. The fourth-order valence-corrected chi connectivity index (χ4v) is 7.00. The van der Waals surface area contributed by atoms with E-state index >= 15 is 0 Å². The third-order valence-electron chi connectivity index (χ3n) is 7.46. The number of hydrogen-bond acceptors (Lipinski definition) is 9. The number of aromatic hydroxyl groups is 1. The second-order valence-corrected chi connectivity index (χ2v) is 14.5. The molecular weight excluding hydrogens is 574 g/mol. The predicted molar refractivity (Wildman–Crippen MR) is 162 cm³/mol. The fraction of sp³-hybridized carbons (Fsp3) is 0.375. The number of aryl methyl sites for hydroxylation is 2. The van der Waals surface area contributed by atoms with E-state index < -0.39 is 27.1 Å². The van der Waals surface area contributed by atoms with Crippen molar-refractivity contribution in [2.24, 2.45) is 5.92 Å². The number of nitrogens with zero attached hydrogens (tertiary/aromatic N) is 1. The average Bonchev–Trinajstić information content (AvgIpc) is 2.91. The summed E-state index contributed by atoms with van der Waals surface area (Å²) in [4.78, 5) is 18.0. The van der Waals surface area contributed by atoms with Crippen LogP contribution >= 0.6 is 11.8 Å². The highest BCUT2D eigenvalue weighted by Crippen LogP contribution is 2.46. The van der Waals surface area contributed by atoms with Gasteiger partial charge in [-0.3, -0.25) is 4.98 Å². The lowest BCUT2D eigenvalue weighted by atomic mass is 9.80. The van der Waals surface area contributed by atoms with Crippen LogP contribution in [0.15, 0.2) is 81.4 Å². The Labute approximate surface area is 251 Å². The first kappa shape index (κ1) is 31.4. The first-order valence-electron chi connectivity index (χ1n) is 13.7. The molecule has 0 bridgehead atoms. The van der Waals surface area contributed by atoms with Gasteiger partial charge in [0.1, 0.15) is 32.7 Å². The molecule has 224 valence electrons. The van der Waals surface area contributed by atoms with E-state index in [1.165, 1.54) is 24.5 Å². The third kappa shape index (κ3) is 6.93. The molecule has 1 unspecified atom stereocenters. The van der Waals surface area contributed by atoms with Crippen LogP contribution in [0.3, 0.4) is 0 Å². The Morgan fingerprint density at radius 1 is 1.12 bits per heavy atom. The molecule has 1 aromatic heterocycles. The van der Waals surface area contributed by atoms with Crippen LogP contribution in [0, 0.1) is 12.8 Å². The summed E-state index contributed by atoms with van der Waals surface area (Å²) in [5.74, 6) is -0.334.